The summed E-state index contributed by atoms with van der Waals surface area (Å²) in [5, 5.41) is 34.6. The van der Waals surface area contributed by atoms with Crippen LogP contribution < -0.4 is 20.5 Å². The molecule has 2 aromatic rings. The number of hydrogen-bond donors (Lipinski definition) is 2. The molecule has 5 heterocycles. The van der Waals surface area contributed by atoms with Crippen molar-refractivity contribution >= 4 is 64.6 Å². The molecule has 2 fully saturated rings. The zero-order valence-electron chi connectivity index (χ0n) is 42.5. The Morgan fingerprint density at radius 1 is 0.758 bits per heavy atom. The predicted molar refractivity (Wildman–Crippen MR) is 268 cm³/mol. The first-order chi connectivity index (χ1) is 30.9. The second-order valence-electron chi connectivity index (χ2n) is 20.9. The molecule has 66 heavy (non-hydrogen) atoms. The number of aromatic nitrogens is 2. The van der Waals surface area contributed by atoms with Gasteiger partial charge in [0.25, 0.3) is 0 Å². The molecule has 2 aromatic heterocycles. The number of nitrogens with zero attached hydrogens (tertiary/aromatic N) is 4. The summed E-state index contributed by atoms with van der Waals surface area (Å²) in [6.07, 6.45) is 19.2. The molecule has 3 aliphatic heterocycles. The summed E-state index contributed by atoms with van der Waals surface area (Å²) in [5.74, 6) is 0.717. The van der Waals surface area contributed by atoms with Crippen LogP contribution in [0.3, 0.4) is 0 Å². The quantitative estimate of drug-likeness (QED) is 0.0928. The van der Waals surface area contributed by atoms with Crippen LogP contribution in [0.25, 0.3) is 40.2 Å². The van der Waals surface area contributed by atoms with E-state index >= 15 is 0 Å². The van der Waals surface area contributed by atoms with Crippen LogP contribution in [0.1, 0.15) is 186 Å². The van der Waals surface area contributed by atoms with Gasteiger partial charge in [-0.1, -0.05) is 161 Å². The summed E-state index contributed by atoms with van der Waals surface area (Å²) in [6.45, 7) is 24.2. The van der Waals surface area contributed by atoms with Crippen LogP contribution in [0.5, 0.6) is 0 Å². The third-order valence-electron chi connectivity index (χ3n) is 15.4. The molecule has 1 aliphatic carbocycles. The summed E-state index contributed by atoms with van der Waals surface area (Å²) < 4.78 is 11.2. The molecule has 10 atom stereocenters. The number of aliphatic hydroxyl groups excluding tert-OH is 2. The van der Waals surface area contributed by atoms with E-state index < -0.39 is 24.0 Å². The Balaban J connectivity index is 0.00000817. The number of carbonyl (C=O) groups is 2. The number of carbonyl (C=O) groups excluding carboxylic acids is 2. The van der Waals surface area contributed by atoms with Crippen LogP contribution in [0.15, 0.2) is 17.1 Å². The monoisotopic (exact) mass is 917 g/mol. The van der Waals surface area contributed by atoms with E-state index in [2.05, 4.69) is 55.4 Å². The van der Waals surface area contributed by atoms with Crippen molar-refractivity contribution in [3.63, 3.8) is 0 Å². The fourth-order valence-corrected chi connectivity index (χ4v) is 11.2. The van der Waals surface area contributed by atoms with E-state index in [1.54, 1.807) is 6.92 Å². The van der Waals surface area contributed by atoms with Crippen LogP contribution in [0, 0.1) is 67.1 Å². The maximum Gasteiger partial charge on any atom is 2.00 e. The summed E-state index contributed by atoms with van der Waals surface area (Å²) in [5.41, 5.74) is 7.62. The zero-order chi connectivity index (χ0) is 47.3. The number of rotatable bonds is 21. The van der Waals surface area contributed by atoms with E-state index in [0.717, 1.165) is 70.8 Å². The third kappa shape index (κ3) is 12.1. The molecule has 0 radical (unpaired) electrons. The second-order valence-corrected chi connectivity index (χ2v) is 20.9. The van der Waals surface area contributed by atoms with E-state index in [1.807, 2.05) is 32.1 Å². The maximum absolute atomic E-state index is 13.7. The summed E-state index contributed by atoms with van der Waals surface area (Å²) in [4.78, 5) is 37.4. The zero-order valence-corrected chi connectivity index (χ0v) is 43.9. The van der Waals surface area contributed by atoms with Crippen molar-refractivity contribution in [2.24, 2.45) is 53.3 Å². The van der Waals surface area contributed by atoms with Gasteiger partial charge in [-0.2, -0.15) is 17.1 Å². The number of ether oxygens (including phenoxy) is 2. The smallest absolute Gasteiger partial charge is 0.681 e. The molecule has 4 aliphatic rings. The molecule has 2 saturated heterocycles. The van der Waals surface area contributed by atoms with Gasteiger partial charge in [-0.25, -0.2) is 0 Å². The van der Waals surface area contributed by atoms with Crippen molar-refractivity contribution < 1.29 is 29.3 Å². The van der Waals surface area contributed by atoms with Gasteiger partial charge in [-0.15, -0.1) is 22.4 Å². The van der Waals surface area contributed by atoms with E-state index in [4.69, 9.17) is 30.1 Å². The van der Waals surface area contributed by atoms with E-state index in [1.165, 1.54) is 58.5 Å². The molecule has 0 aromatic carbocycles. The van der Waals surface area contributed by atoms with E-state index in [0.29, 0.717) is 52.2 Å². The standard InChI is InChI=1S/C55H80N4O6.Mg/c1-13-39-34(7)41-29-46-48(38(11)60)36(9)43(57-46)27-42-35(8)40(52(58-42)50-51(55(63)64-12)54(62)49-37(10)44(59-53(49)50)28-45(39)56-41)23-24-47(61)65-26-25-33(6)22-16-21-32(5)20-15-19-31(4)18-14-17-30(2)3;/h27-35,38-40,51-52,60,62H,13-26H2,1-12H3;/q-4;+2/b41-29-,42-27+,45-28-;/t31-,32-,33?,34-,35+,38?,39-,40+,51-,52?;/m1./s1. The van der Waals surface area contributed by atoms with E-state index in [9.17, 15) is 19.8 Å². The van der Waals surface area contributed by atoms with Gasteiger partial charge in [0.2, 0.25) is 0 Å². The second kappa shape index (κ2) is 23.7. The average molecular weight is 918 g/mol. The van der Waals surface area contributed by atoms with Crippen LogP contribution >= 0.6 is 0 Å². The van der Waals surface area contributed by atoms with Gasteiger partial charge in [-0.05, 0) is 86.5 Å². The third-order valence-corrected chi connectivity index (χ3v) is 15.4. The van der Waals surface area contributed by atoms with Crippen LogP contribution in [-0.2, 0) is 19.1 Å². The van der Waals surface area contributed by atoms with Gasteiger partial charge in [0.15, 0.2) is 0 Å². The first-order valence-corrected chi connectivity index (χ1v) is 25.2. The van der Waals surface area contributed by atoms with Gasteiger partial charge < -0.3 is 40.3 Å². The Labute approximate surface area is 412 Å². The number of hydrogen-bond acceptors (Lipinski definition) is 6. The van der Waals surface area contributed by atoms with Crippen LogP contribution in [0.2, 0.25) is 0 Å². The molecule has 0 spiro atoms. The largest absolute Gasteiger partial charge is 2.00 e. The maximum atomic E-state index is 13.7. The summed E-state index contributed by atoms with van der Waals surface area (Å²) in [6, 6.07) is -0.586. The van der Waals surface area contributed by atoms with Gasteiger partial charge in [0.1, 0.15) is 11.7 Å². The molecular weight excluding hydrogens is 837 g/mol. The summed E-state index contributed by atoms with van der Waals surface area (Å²) in [7, 11) is 1.33. The average Bonchev–Trinajstić information content (AvgIpc) is 4.00. The van der Waals surface area contributed by atoms with Crippen LogP contribution in [-0.4, -0.2) is 65.0 Å². The molecule has 11 heteroatoms. The van der Waals surface area contributed by atoms with Crippen molar-refractivity contribution in [3.05, 3.63) is 72.1 Å². The number of esters is 2. The SMILES string of the molecule is CC[C@H]1/C2=C/c3[n-]c4c(c3C)=C(O)[C@H](C(=O)OC)C=4C3[N-]/C(=C/c4[n-]c(c(C(C)O)c4C)/C=C(\[N-]2)[C@@H]1C)[C@@H](C)[C@@H]3CCC(=O)OCCC(C)CCC[C@H](C)CCC[C@H](C)CCCC(C)C.[Mg+2]. The van der Waals surface area contributed by atoms with Gasteiger partial charge >= 0.3 is 35.0 Å². The van der Waals surface area contributed by atoms with Crippen molar-refractivity contribution in [3.8, 4) is 0 Å². The molecule has 360 valence electrons. The minimum atomic E-state index is -1.08. The normalized spacial score (nSPS) is 26.2. The minimum absolute atomic E-state index is 0. The Bertz CT molecular complexity index is 2230. The molecule has 10 nitrogen and oxygen atoms in total. The van der Waals surface area contributed by atoms with Crippen molar-refractivity contribution in [1.29, 1.82) is 0 Å². The molecular formula is C55H80MgN4O6-2. The van der Waals surface area contributed by atoms with Crippen molar-refractivity contribution in [1.82, 2.24) is 9.97 Å². The molecule has 0 saturated carbocycles. The Morgan fingerprint density at radius 3 is 1.92 bits per heavy atom. The first-order valence-electron chi connectivity index (χ1n) is 25.2. The van der Waals surface area contributed by atoms with Crippen molar-refractivity contribution in [2.45, 2.75) is 172 Å². The van der Waals surface area contributed by atoms with Crippen molar-refractivity contribution in [2.75, 3.05) is 13.7 Å². The van der Waals surface area contributed by atoms with Gasteiger partial charge in [-0.3, -0.25) is 9.59 Å². The summed E-state index contributed by atoms with van der Waals surface area (Å²) >= 11 is 0. The Hall–Kier alpha value is -3.41. The first kappa shape index (κ1) is 53.5. The molecule has 0 amide bonds. The number of methoxy groups -OCH3 is 1. The minimum Gasteiger partial charge on any atom is -0.681 e. The molecule has 3 unspecified atom stereocenters. The fraction of sp³-hybridized carbons (Fsp3) is 0.673. The molecule has 6 rings (SSSR count). The molecule has 2 N–H and O–H groups in total. The topological polar surface area (TPSA) is 149 Å². The number of allylic oxidation sites excluding steroid dienone is 3. The Kier molecular flexibility index (Phi) is 19.3. The molecule has 8 bridgehead atoms. The predicted octanol–water partition coefficient (Wildman–Crippen LogP) is 11.1. The van der Waals surface area contributed by atoms with Gasteiger partial charge in [0, 0.05) is 11.6 Å². The number of aliphatic hydroxyl groups is 2. The van der Waals surface area contributed by atoms with E-state index in [-0.39, 0.29) is 64.9 Å². The van der Waals surface area contributed by atoms with Crippen LogP contribution in [0.4, 0.5) is 0 Å². The number of fused-ring (bicyclic) bond motifs is 8. The Morgan fingerprint density at radius 2 is 1.33 bits per heavy atom. The van der Waals surface area contributed by atoms with Gasteiger partial charge in [0.05, 0.1) is 19.8 Å². The fourth-order valence-electron chi connectivity index (χ4n) is 11.2.